The highest BCUT2D eigenvalue weighted by Gasteiger charge is 2.18. The maximum atomic E-state index is 12.4. The number of ether oxygens (including phenoxy) is 1. The van der Waals surface area contributed by atoms with E-state index in [4.69, 9.17) is 4.74 Å². The molecule has 0 saturated carbocycles. The maximum Gasteiger partial charge on any atom is 0.291 e. The topological polar surface area (TPSA) is 77.6 Å². The van der Waals surface area contributed by atoms with Gasteiger partial charge in [0.25, 0.3) is 5.56 Å². The van der Waals surface area contributed by atoms with Gasteiger partial charge in [-0.25, -0.2) is 4.68 Å². The molecule has 130 valence electrons. The van der Waals surface area contributed by atoms with Gasteiger partial charge in [-0.1, -0.05) is 12.1 Å². The first-order chi connectivity index (χ1) is 12.1. The Balaban J connectivity index is 1.67. The molecule has 2 heterocycles. The number of nitrogens with one attached hydrogen (secondary N) is 1. The van der Waals surface area contributed by atoms with Crippen LogP contribution in [0.3, 0.4) is 0 Å². The van der Waals surface area contributed by atoms with Gasteiger partial charge in [-0.3, -0.25) is 9.59 Å². The minimum Gasteiger partial charge on any atom is -0.494 e. The number of amides is 1. The van der Waals surface area contributed by atoms with Crippen LogP contribution in [0.5, 0.6) is 5.75 Å². The summed E-state index contributed by atoms with van der Waals surface area (Å²) < 4.78 is 8.21. The van der Waals surface area contributed by atoms with Gasteiger partial charge in [0, 0.05) is 12.7 Å². The molecular weight excluding hydrogens is 320 g/mol. The number of rotatable bonds is 6. The third-order valence-corrected chi connectivity index (χ3v) is 3.95. The minimum atomic E-state index is -0.699. The Bertz CT molecular complexity index is 927. The highest BCUT2D eigenvalue weighted by atomic mass is 16.5. The Hall–Kier alpha value is -3.09. The van der Waals surface area contributed by atoms with E-state index in [9.17, 15) is 9.59 Å². The van der Waals surface area contributed by atoms with Crippen LogP contribution in [0, 0.1) is 0 Å². The van der Waals surface area contributed by atoms with E-state index in [1.54, 1.807) is 29.7 Å². The van der Waals surface area contributed by atoms with Crippen molar-refractivity contribution in [1.29, 1.82) is 0 Å². The fourth-order valence-electron chi connectivity index (χ4n) is 2.55. The van der Waals surface area contributed by atoms with E-state index in [0.29, 0.717) is 18.7 Å². The molecule has 1 atom stereocenters. The summed E-state index contributed by atoms with van der Waals surface area (Å²) in [5.41, 5.74) is 1.14. The van der Waals surface area contributed by atoms with E-state index in [1.807, 2.05) is 31.2 Å². The minimum absolute atomic E-state index is 0.264. The van der Waals surface area contributed by atoms with Gasteiger partial charge in [0.2, 0.25) is 5.91 Å². The quantitative estimate of drug-likeness (QED) is 0.742. The molecule has 0 radical (unpaired) electrons. The van der Waals surface area contributed by atoms with E-state index in [0.717, 1.165) is 11.3 Å². The fourth-order valence-corrected chi connectivity index (χ4v) is 2.55. The average molecular weight is 340 g/mol. The van der Waals surface area contributed by atoms with Crippen LogP contribution < -0.4 is 15.6 Å². The van der Waals surface area contributed by atoms with Crippen molar-refractivity contribution in [2.24, 2.45) is 0 Å². The first kappa shape index (κ1) is 16.8. The summed E-state index contributed by atoms with van der Waals surface area (Å²) in [4.78, 5) is 24.8. The molecule has 2 aromatic heterocycles. The van der Waals surface area contributed by atoms with Crippen LogP contribution in [-0.2, 0) is 11.3 Å². The van der Waals surface area contributed by atoms with Gasteiger partial charge in [0.05, 0.1) is 6.61 Å². The van der Waals surface area contributed by atoms with E-state index in [1.165, 1.54) is 11.0 Å². The zero-order chi connectivity index (χ0) is 17.8. The molecule has 7 nitrogen and oxygen atoms in total. The van der Waals surface area contributed by atoms with Crippen LogP contribution >= 0.6 is 0 Å². The standard InChI is InChI=1S/C18H20N4O3/c1-3-25-15-8-6-14(7-9-15)11-19-17(23)13(2)22-18(24)16-5-4-10-21(16)12-20-22/h4-10,12-13H,3,11H2,1-2H3,(H,19,23)/t13-/m0/s1. The molecule has 0 bridgehead atoms. The van der Waals surface area contributed by atoms with Crippen molar-refractivity contribution in [3.05, 3.63) is 64.8 Å². The molecule has 0 saturated heterocycles. The van der Waals surface area contributed by atoms with Crippen LogP contribution in [0.15, 0.2) is 53.7 Å². The van der Waals surface area contributed by atoms with Crippen LogP contribution in [0.4, 0.5) is 0 Å². The van der Waals surface area contributed by atoms with Crippen molar-refractivity contribution >= 4 is 11.4 Å². The van der Waals surface area contributed by atoms with Crippen molar-refractivity contribution in [2.45, 2.75) is 26.4 Å². The lowest BCUT2D eigenvalue weighted by Gasteiger charge is -2.14. The molecule has 0 aliphatic heterocycles. The lowest BCUT2D eigenvalue weighted by atomic mass is 10.2. The molecule has 0 unspecified atom stereocenters. The summed E-state index contributed by atoms with van der Waals surface area (Å²) in [5.74, 6) is 0.529. The maximum absolute atomic E-state index is 12.4. The lowest BCUT2D eigenvalue weighted by Crippen LogP contribution is -2.37. The number of hydrogen-bond donors (Lipinski definition) is 1. The third-order valence-electron chi connectivity index (χ3n) is 3.95. The number of carbonyl (C=O) groups excluding carboxylic acids is 1. The Morgan fingerprint density at radius 1 is 1.28 bits per heavy atom. The molecule has 1 aromatic carbocycles. The summed E-state index contributed by atoms with van der Waals surface area (Å²) in [7, 11) is 0. The summed E-state index contributed by atoms with van der Waals surface area (Å²) in [6.07, 6.45) is 3.26. The molecule has 25 heavy (non-hydrogen) atoms. The number of carbonyl (C=O) groups is 1. The van der Waals surface area contributed by atoms with Crippen molar-refractivity contribution in [1.82, 2.24) is 19.5 Å². The van der Waals surface area contributed by atoms with Crippen molar-refractivity contribution in [3.63, 3.8) is 0 Å². The second-order valence-electron chi connectivity index (χ2n) is 5.65. The Morgan fingerprint density at radius 2 is 2.04 bits per heavy atom. The molecule has 1 N–H and O–H groups in total. The number of benzene rings is 1. The molecule has 0 aliphatic rings. The predicted octanol–water partition coefficient (Wildman–Crippen LogP) is 1.77. The first-order valence-electron chi connectivity index (χ1n) is 8.14. The summed E-state index contributed by atoms with van der Waals surface area (Å²) >= 11 is 0. The van der Waals surface area contributed by atoms with E-state index < -0.39 is 6.04 Å². The molecule has 0 fully saturated rings. The van der Waals surface area contributed by atoms with E-state index in [-0.39, 0.29) is 11.5 Å². The molecule has 1 amide bonds. The second-order valence-corrected chi connectivity index (χ2v) is 5.65. The number of fused-ring (bicyclic) bond motifs is 1. The molecular formula is C18H20N4O3. The lowest BCUT2D eigenvalue weighted by molar-refractivity contribution is -0.124. The Morgan fingerprint density at radius 3 is 2.76 bits per heavy atom. The van der Waals surface area contributed by atoms with E-state index >= 15 is 0 Å². The van der Waals surface area contributed by atoms with Gasteiger partial charge < -0.3 is 14.5 Å². The van der Waals surface area contributed by atoms with Gasteiger partial charge in [0.1, 0.15) is 23.6 Å². The van der Waals surface area contributed by atoms with Crippen LogP contribution in [-0.4, -0.2) is 26.7 Å². The largest absolute Gasteiger partial charge is 0.494 e. The molecule has 0 spiro atoms. The highest BCUT2D eigenvalue weighted by molar-refractivity contribution is 5.79. The SMILES string of the molecule is CCOc1ccc(CNC(=O)[C@H](C)n2ncn3cccc3c2=O)cc1. The smallest absolute Gasteiger partial charge is 0.291 e. The van der Waals surface area contributed by atoms with Crippen LogP contribution in [0.25, 0.3) is 5.52 Å². The van der Waals surface area contributed by atoms with Crippen LogP contribution in [0.2, 0.25) is 0 Å². The van der Waals surface area contributed by atoms with Crippen molar-refractivity contribution in [3.8, 4) is 5.75 Å². The van der Waals surface area contributed by atoms with Gasteiger partial charge in [-0.2, -0.15) is 5.10 Å². The first-order valence-corrected chi connectivity index (χ1v) is 8.14. The number of hydrogen-bond acceptors (Lipinski definition) is 4. The number of nitrogens with zero attached hydrogens (tertiary/aromatic N) is 3. The summed E-state index contributed by atoms with van der Waals surface area (Å²) in [6, 6.07) is 10.3. The summed E-state index contributed by atoms with van der Waals surface area (Å²) in [6.45, 7) is 4.57. The molecule has 0 aliphatic carbocycles. The summed E-state index contributed by atoms with van der Waals surface area (Å²) in [5, 5.41) is 6.91. The molecule has 7 heteroatoms. The highest BCUT2D eigenvalue weighted by Crippen LogP contribution is 2.12. The van der Waals surface area contributed by atoms with Gasteiger partial charge >= 0.3 is 0 Å². The Kier molecular flexibility index (Phi) is 4.83. The van der Waals surface area contributed by atoms with E-state index in [2.05, 4.69) is 10.4 Å². The normalized spacial score (nSPS) is 12.1. The third kappa shape index (κ3) is 3.55. The molecule has 3 aromatic rings. The average Bonchev–Trinajstić information content (AvgIpc) is 3.10. The zero-order valence-corrected chi connectivity index (χ0v) is 14.2. The second kappa shape index (κ2) is 7.21. The predicted molar refractivity (Wildman–Crippen MR) is 93.6 cm³/mol. The van der Waals surface area contributed by atoms with Gasteiger partial charge in [-0.15, -0.1) is 0 Å². The monoisotopic (exact) mass is 340 g/mol. The van der Waals surface area contributed by atoms with Gasteiger partial charge in [0.15, 0.2) is 0 Å². The van der Waals surface area contributed by atoms with Crippen molar-refractivity contribution in [2.75, 3.05) is 6.61 Å². The van der Waals surface area contributed by atoms with Gasteiger partial charge in [-0.05, 0) is 43.7 Å². The molecule has 3 rings (SSSR count). The fraction of sp³-hybridized carbons (Fsp3) is 0.278. The zero-order valence-electron chi connectivity index (χ0n) is 14.2. The van der Waals surface area contributed by atoms with Crippen molar-refractivity contribution < 1.29 is 9.53 Å². The Labute approximate surface area is 144 Å². The van der Waals surface area contributed by atoms with Crippen LogP contribution in [0.1, 0.15) is 25.5 Å². The number of aromatic nitrogens is 3.